The van der Waals surface area contributed by atoms with E-state index in [0.717, 1.165) is 0 Å². The summed E-state index contributed by atoms with van der Waals surface area (Å²) >= 11 is 1.35. The Balaban J connectivity index is 2.42. The second kappa shape index (κ2) is 6.68. The first-order chi connectivity index (χ1) is 8.85. The van der Waals surface area contributed by atoms with Gasteiger partial charge in [-0.2, -0.15) is 0 Å². The molecule has 2 amide bonds. The molecule has 1 aromatic heterocycles. The first-order valence-electron chi connectivity index (χ1n) is 6.02. The van der Waals surface area contributed by atoms with Crippen LogP contribution in [0.3, 0.4) is 0 Å². The van der Waals surface area contributed by atoms with Crippen LogP contribution in [-0.4, -0.2) is 48.6 Å². The summed E-state index contributed by atoms with van der Waals surface area (Å²) < 4.78 is 0. The Bertz CT molecular complexity index is 429. The first kappa shape index (κ1) is 15.7. The molecule has 1 heterocycles. The van der Waals surface area contributed by atoms with Gasteiger partial charge in [0.1, 0.15) is 0 Å². The number of nitrogens with zero attached hydrogens (tertiary/aromatic N) is 1. The molecule has 0 unspecified atom stereocenters. The monoisotopic (exact) mass is 284 g/mol. The number of amides is 2. The van der Waals surface area contributed by atoms with Gasteiger partial charge in [-0.15, -0.1) is 11.3 Å². The van der Waals surface area contributed by atoms with Gasteiger partial charge in [-0.1, -0.05) is 19.9 Å². The Morgan fingerprint density at radius 3 is 2.68 bits per heavy atom. The van der Waals surface area contributed by atoms with Crippen LogP contribution in [0.15, 0.2) is 17.5 Å². The number of aliphatic hydroxyl groups is 1. The van der Waals surface area contributed by atoms with Crippen molar-refractivity contribution in [2.45, 2.75) is 13.8 Å². The maximum absolute atomic E-state index is 11.9. The Kier molecular flexibility index (Phi) is 5.50. The number of thiophene rings is 1. The Hall–Kier alpha value is -1.40. The normalized spacial score (nSPS) is 11.2. The van der Waals surface area contributed by atoms with E-state index in [0.29, 0.717) is 11.4 Å². The highest BCUT2D eigenvalue weighted by Crippen LogP contribution is 2.12. The average molecular weight is 284 g/mol. The maximum atomic E-state index is 11.9. The number of rotatable bonds is 6. The van der Waals surface area contributed by atoms with Crippen LogP contribution in [0.25, 0.3) is 0 Å². The topological polar surface area (TPSA) is 69.6 Å². The summed E-state index contributed by atoms with van der Waals surface area (Å²) in [6.45, 7) is 4.10. The van der Waals surface area contributed by atoms with E-state index in [1.165, 1.54) is 16.2 Å². The summed E-state index contributed by atoms with van der Waals surface area (Å²) in [4.78, 5) is 25.6. The van der Waals surface area contributed by atoms with Gasteiger partial charge in [0.25, 0.3) is 5.91 Å². The number of likely N-dealkylation sites (N-methyl/N-ethyl adjacent to an activating group) is 1. The first-order valence-corrected chi connectivity index (χ1v) is 6.90. The molecule has 0 aliphatic heterocycles. The third kappa shape index (κ3) is 5.00. The smallest absolute Gasteiger partial charge is 0.264 e. The molecule has 0 bridgehead atoms. The van der Waals surface area contributed by atoms with Crippen molar-refractivity contribution in [3.63, 3.8) is 0 Å². The van der Waals surface area contributed by atoms with E-state index in [-0.39, 0.29) is 30.4 Å². The highest BCUT2D eigenvalue weighted by Gasteiger charge is 2.19. The lowest BCUT2D eigenvalue weighted by Crippen LogP contribution is -2.42. The molecular formula is C13H20N2O3S. The number of hydrogen-bond acceptors (Lipinski definition) is 4. The SMILES string of the molecule is CN(CC(=O)NCC(C)(C)CO)C(=O)c1cccs1. The van der Waals surface area contributed by atoms with Crippen LogP contribution in [0.4, 0.5) is 0 Å². The largest absolute Gasteiger partial charge is 0.396 e. The minimum Gasteiger partial charge on any atom is -0.396 e. The molecule has 0 fully saturated rings. The van der Waals surface area contributed by atoms with Crippen molar-refractivity contribution in [1.82, 2.24) is 10.2 Å². The van der Waals surface area contributed by atoms with Crippen LogP contribution in [0.2, 0.25) is 0 Å². The fraction of sp³-hybridized carbons (Fsp3) is 0.538. The minimum absolute atomic E-state index is 0.00273. The predicted octanol–water partition coefficient (Wildman–Crippen LogP) is 0.955. The fourth-order valence-electron chi connectivity index (χ4n) is 1.33. The predicted molar refractivity (Wildman–Crippen MR) is 75.2 cm³/mol. The molecule has 19 heavy (non-hydrogen) atoms. The fourth-order valence-corrected chi connectivity index (χ4v) is 2.04. The number of nitrogens with one attached hydrogen (secondary N) is 1. The molecule has 6 heteroatoms. The van der Waals surface area contributed by atoms with Gasteiger partial charge in [0, 0.05) is 25.6 Å². The summed E-state index contributed by atoms with van der Waals surface area (Å²) in [6.07, 6.45) is 0. The maximum Gasteiger partial charge on any atom is 0.264 e. The third-order valence-electron chi connectivity index (χ3n) is 2.65. The van der Waals surface area contributed by atoms with Crippen LogP contribution in [0.5, 0.6) is 0 Å². The molecule has 1 aromatic rings. The van der Waals surface area contributed by atoms with Crippen LogP contribution in [0, 0.1) is 5.41 Å². The van der Waals surface area contributed by atoms with Crippen molar-refractivity contribution in [1.29, 1.82) is 0 Å². The molecule has 0 spiro atoms. The molecule has 0 aliphatic carbocycles. The van der Waals surface area contributed by atoms with Crippen molar-refractivity contribution in [3.8, 4) is 0 Å². The van der Waals surface area contributed by atoms with Gasteiger partial charge in [0.15, 0.2) is 0 Å². The summed E-state index contributed by atoms with van der Waals surface area (Å²) in [5.74, 6) is -0.388. The molecular weight excluding hydrogens is 264 g/mol. The zero-order chi connectivity index (χ0) is 14.5. The van der Waals surface area contributed by atoms with Crippen LogP contribution in [0.1, 0.15) is 23.5 Å². The lowest BCUT2D eigenvalue weighted by molar-refractivity contribution is -0.122. The third-order valence-corrected chi connectivity index (χ3v) is 3.51. The number of carbonyl (C=O) groups is 2. The van der Waals surface area contributed by atoms with Gasteiger partial charge in [0.2, 0.25) is 5.91 Å². The van der Waals surface area contributed by atoms with Crippen LogP contribution < -0.4 is 5.32 Å². The van der Waals surface area contributed by atoms with E-state index in [9.17, 15) is 9.59 Å². The van der Waals surface area contributed by atoms with E-state index < -0.39 is 0 Å². The van der Waals surface area contributed by atoms with E-state index in [1.807, 2.05) is 19.2 Å². The Morgan fingerprint density at radius 2 is 2.16 bits per heavy atom. The second-order valence-electron chi connectivity index (χ2n) is 5.24. The van der Waals surface area contributed by atoms with Crippen molar-refractivity contribution in [2.75, 3.05) is 26.7 Å². The quantitative estimate of drug-likeness (QED) is 0.817. The summed E-state index contributed by atoms with van der Waals surface area (Å²) in [7, 11) is 1.60. The molecule has 0 atom stereocenters. The highest BCUT2D eigenvalue weighted by atomic mass is 32.1. The molecule has 106 valence electrons. The molecule has 0 aliphatic rings. The molecule has 0 aromatic carbocycles. The molecule has 0 radical (unpaired) electrons. The molecule has 0 saturated heterocycles. The standard InChI is InChI=1S/C13H20N2O3S/c1-13(2,9-16)8-14-11(17)7-15(3)12(18)10-5-4-6-19-10/h4-6,16H,7-9H2,1-3H3,(H,14,17). The Morgan fingerprint density at radius 1 is 1.47 bits per heavy atom. The molecule has 2 N–H and O–H groups in total. The van der Waals surface area contributed by atoms with E-state index in [2.05, 4.69) is 5.32 Å². The minimum atomic E-state index is -0.355. The Labute approximate surface area is 117 Å². The lowest BCUT2D eigenvalue weighted by Gasteiger charge is -2.23. The highest BCUT2D eigenvalue weighted by molar-refractivity contribution is 7.12. The van der Waals surface area contributed by atoms with Gasteiger partial charge < -0.3 is 15.3 Å². The zero-order valence-corrected chi connectivity index (χ0v) is 12.3. The molecule has 5 nitrogen and oxygen atoms in total. The van der Waals surface area contributed by atoms with Gasteiger partial charge in [-0.25, -0.2) is 0 Å². The van der Waals surface area contributed by atoms with Gasteiger partial charge >= 0.3 is 0 Å². The van der Waals surface area contributed by atoms with Crippen molar-refractivity contribution >= 4 is 23.2 Å². The van der Waals surface area contributed by atoms with Crippen LogP contribution in [-0.2, 0) is 4.79 Å². The van der Waals surface area contributed by atoms with E-state index in [4.69, 9.17) is 5.11 Å². The number of hydrogen-bond donors (Lipinski definition) is 2. The number of aliphatic hydroxyl groups excluding tert-OH is 1. The second-order valence-corrected chi connectivity index (χ2v) is 6.19. The van der Waals surface area contributed by atoms with E-state index >= 15 is 0 Å². The van der Waals surface area contributed by atoms with Crippen molar-refractivity contribution in [3.05, 3.63) is 22.4 Å². The van der Waals surface area contributed by atoms with Gasteiger partial charge in [-0.05, 0) is 11.4 Å². The van der Waals surface area contributed by atoms with Crippen molar-refractivity contribution < 1.29 is 14.7 Å². The lowest BCUT2D eigenvalue weighted by atomic mass is 9.95. The molecule has 1 rings (SSSR count). The number of carbonyl (C=O) groups excluding carboxylic acids is 2. The van der Waals surface area contributed by atoms with Gasteiger partial charge in [-0.3, -0.25) is 9.59 Å². The summed E-state index contributed by atoms with van der Waals surface area (Å²) in [5.41, 5.74) is -0.355. The van der Waals surface area contributed by atoms with Crippen molar-refractivity contribution in [2.24, 2.45) is 5.41 Å². The summed E-state index contributed by atoms with van der Waals surface area (Å²) in [5, 5.41) is 13.6. The summed E-state index contributed by atoms with van der Waals surface area (Å²) in [6, 6.07) is 3.53. The van der Waals surface area contributed by atoms with E-state index in [1.54, 1.807) is 19.2 Å². The van der Waals surface area contributed by atoms with Crippen LogP contribution >= 0.6 is 11.3 Å². The molecule has 0 saturated carbocycles. The average Bonchev–Trinajstić information content (AvgIpc) is 2.89. The zero-order valence-electron chi connectivity index (χ0n) is 11.5. The van der Waals surface area contributed by atoms with Gasteiger partial charge in [0.05, 0.1) is 11.4 Å².